The third-order valence-electron chi connectivity index (χ3n) is 2.63. The average Bonchev–Trinajstić information content (AvgIpc) is 2.18. The van der Waals surface area contributed by atoms with Gasteiger partial charge in [-0.15, -0.1) is 0 Å². The van der Waals surface area contributed by atoms with Crippen molar-refractivity contribution < 1.29 is 14.3 Å². The standard InChI is InChI=1S/C9H17BO3/c1-12-9(11)8(10)6-7-2-4-13-5-3-7/h7-8H,2-6,10H2,1H3. The average molecular weight is 184 g/mol. The van der Waals surface area contributed by atoms with Gasteiger partial charge in [0.25, 0.3) is 0 Å². The van der Waals surface area contributed by atoms with E-state index in [0.29, 0.717) is 5.92 Å². The number of ether oxygens (including phenoxy) is 2. The summed E-state index contributed by atoms with van der Waals surface area (Å²) < 4.78 is 9.94. The molecule has 1 heterocycles. The highest BCUT2D eigenvalue weighted by Gasteiger charge is 2.21. The van der Waals surface area contributed by atoms with E-state index in [2.05, 4.69) is 4.74 Å². The number of carbonyl (C=O) groups is 1. The van der Waals surface area contributed by atoms with Gasteiger partial charge < -0.3 is 9.47 Å². The molecule has 1 aliphatic heterocycles. The van der Waals surface area contributed by atoms with Crippen molar-refractivity contribution in [3.8, 4) is 0 Å². The second kappa shape index (κ2) is 5.27. The largest absolute Gasteiger partial charge is 0.469 e. The van der Waals surface area contributed by atoms with Crippen LogP contribution in [0.1, 0.15) is 19.3 Å². The van der Waals surface area contributed by atoms with E-state index in [1.807, 2.05) is 7.85 Å². The molecule has 13 heavy (non-hydrogen) atoms. The van der Waals surface area contributed by atoms with Gasteiger partial charge >= 0.3 is 5.97 Å². The van der Waals surface area contributed by atoms with Crippen molar-refractivity contribution in [2.45, 2.75) is 25.1 Å². The minimum atomic E-state index is -0.0912. The fourth-order valence-corrected chi connectivity index (χ4v) is 1.78. The lowest BCUT2D eigenvalue weighted by molar-refractivity contribution is -0.141. The van der Waals surface area contributed by atoms with E-state index in [4.69, 9.17) is 4.74 Å². The maximum absolute atomic E-state index is 11.1. The molecule has 3 nitrogen and oxygen atoms in total. The SMILES string of the molecule is BC(CC1CCOCC1)C(=O)OC. The zero-order chi connectivity index (χ0) is 9.68. The molecule has 0 bridgehead atoms. The van der Waals surface area contributed by atoms with E-state index in [1.54, 1.807) is 0 Å². The van der Waals surface area contributed by atoms with Crippen LogP contribution >= 0.6 is 0 Å². The lowest BCUT2D eigenvalue weighted by Gasteiger charge is -2.23. The van der Waals surface area contributed by atoms with Crippen LogP contribution in [0.25, 0.3) is 0 Å². The Hall–Kier alpha value is -0.505. The molecule has 0 saturated carbocycles. The molecule has 1 atom stereocenters. The number of carbonyl (C=O) groups excluding carboxylic acids is 1. The molecule has 0 aromatic carbocycles. The first-order valence-electron chi connectivity index (χ1n) is 4.89. The Labute approximate surface area is 80.2 Å². The van der Waals surface area contributed by atoms with E-state index in [-0.39, 0.29) is 11.8 Å². The molecule has 1 unspecified atom stereocenters. The van der Waals surface area contributed by atoms with E-state index >= 15 is 0 Å². The zero-order valence-electron chi connectivity index (χ0n) is 8.41. The zero-order valence-corrected chi connectivity index (χ0v) is 8.41. The van der Waals surface area contributed by atoms with E-state index < -0.39 is 0 Å². The Morgan fingerprint density at radius 3 is 2.77 bits per heavy atom. The Balaban J connectivity index is 2.25. The summed E-state index contributed by atoms with van der Waals surface area (Å²) in [7, 11) is 3.38. The van der Waals surface area contributed by atoms with Crippen molar-refractivity contribution in [1.29, 1.82) is 0 Å². The fourth-order valence-electron chi connectivity index (χ4n) is 1.78. The van der Waals surface area contributed by atoms with Crippen LogP contribution in [0.5, 0.6) is 0 Å². The van der Waals surface area contributed by atoms with Crippen molar-refractivity contribution in [2.75, 3.05) is 20.3 Å². The normalized spacial score (nSPS) is 21.0. The molecule has 4 heteroatoms. The quantitative estimate of drug-likeness (QED) is 0.470. The van der Waals surface area contributed by atoms with Gasteiger partial charge in [0.2, 0.25) is 0 Å². The van der Waals surface area contributed by atoms with Gasteiger partial charge in [0.05, 0.1) is 7.11 Å². The number of methoxy groups -OCH3 is 1. The third-order valence-corrected chi connectivity index (χ3v) is 2.63. The first kappa shape index (κ1) is 10.6. The predicted molar refractivity (Wildman–Crippen MR) is 52.5 cm³/mol. The molecule has 74 valence electrons. The molecule has 0 spiro atoms. The van der Waals surface area contributed by atoms with E-state index in [1.165, 1.54) is 7.11 Å². The number of esters is 1. The molecule has 0 aliphatic carbocycles. The monoisotopic (exact) mass is 184 g/mol. The van der Waals surface area contributed by atoms with Gasteiger partial charge in [-0.25, -0.2) is 0 Å². The van der Waals surface area contributed by atoms with Gasteiger partial charge in [0.15, 0.2) is 0 Å². The van der Waals surface area contributed by atoms with Gasteiger partial charge in [-0.2, -0.15) is 0 Å². The second-order valence-corrected chi connectivity index (χ2v) is 3.72. The predicted octanol–water partition coefficient (Wildman–Crippen LogP) is 0.398. The molecule has 1 fully saturated rings. The molecular weight excluding hydrogens is 167 g/mol. The lowest BCUT2D eigenvalue weighted by Crippen LogP contribution is -2.20. The first-order valence-corrected chi connectivity index (χ1v) is 4.89. The summed E-state index contributed by atoms with van der Waals surface area (Å²) in [4.78, 5) is 11.1. The summed E-state index contributed by atoms with van der Waals surface area (Å²) in [5.41, 5.74) is 0. The lowest BCUT2D eigenvalue weighted by atomic mass is 9.78. The molecular formula is C9H17BO3. The van der Waals surface area contributed by atoms with Crippen LogP contribution < -0.4 is 0 Å². The molecule has 1 saturated heterocycles. The number of hydrogen-bond donors (Lipinski definition) is 0. The molecule has 0 amide bonds. The molecule has 0 aromatic rings. The Morgan fingerprint density at radius 2 is 2.23 bits per heavy atom. The minimum absolute atomic E-state index is 0.0353. The maximum Gasteiger partial charge on any atom is 0.300 e. The van der Waals surface area contributed by atoms with Crippen LogP contribution in [0, 0.1) is 5.92 Å². The molecule has 1 rings (SSSR count). The van der Waals surface area contributed by atoms with Crippen LogP contribution in [0.3, 0.4) is 0 Å². The maximum atomic E-state index is 11.1. The summed E-state index contributed by atoms with van der Waals surface area (Å²) in [6.45, 7) is 1.69. The summed E-state index contributed by atoms with van der Waals surface area (Å²) >= 11 is 0. The van der Waals surface area contributed by atoms with Crippen molar-refractivity contribution in [1.82, 2.24) is 0 Å². The summed E-state index contributed by atoms with van der Waals surface area (Å²) in [5.74, 6) is 0.586. The Morgan fingerprint density at radius 1 is 1.62 bits per heavy atom. The molecule has 1 aliphatic rings. The highest BCUT2D eigenvalue weighted by atomic mass is 16.5. The van der Waals surface area contributed by atoms with Crippen LogP contribution in [-0.2, 0) is 14.3 Å². The van der Waals surface area contributed by atoms with Gasteiger partial charge in [0.1, 0.15) is 7.85 Å². The Kier molecular flexibility index (Phi) is 4.29. The van der Waals surface area contributed by atoms with Crippen LogP contribution in [0.2, 0.25) is 5.82 Å². The Bertz CT molecular complexity index is 166. The van der Waals surface area contributed by atoms with Crippen molar-refractivity contribution in [3.05, 3.63) is 0 Å². The smallest absolute Gasteiger partial charge is 0.300 e. The number of hydrogen-bond acceptors (Lipinski definition) is 3. The summed E-state index contributed by atoms with van der Waals surface area (Å²) in [6.07, 6.45) is 3.11. The van der Waals surface area contributed by atoms with Gasteiger partial charge in [-0.3, -0.25) is 4.79 Å². The third kappa shape index (κ3) is 3.39. The van der Waals surface area contributed by atoms with Crippen molar-refractivity contribution in [3.63, 3.8) is 0 Å². The van der Waals surface area contributed by atoms with Crippen LogP contribution in [0.4, 0.5) is 0 Å². The molecule has 0 aromatic heterocycles. The summed E-state index contributed by atoms with van der Waals surface area (Å²) in [5, 5.41) is 0. The van der Waals surface area contributed by atoms with Crippen LogP contribution in [0.15, 0.2) is 0 Å². The highest BCUT2D eigenvalue weighted by molar-refractivity contribution is 6.22. The van der Waals surface area contributed by atoms with Crippen LogP contribution in [-0.4, -0.2) is 34.1 Å². The fraction of sp³-hybridized carbons (Fsp3) is 0.889. The molecule has 0 radical (unpaired) electrons. The first-order chi connectivity index (χ1) is 6.24. The van der Waals surface area contributed by atoms with Crippen molar-refractivity contribution in [2.24, 2.45) is 5.92 Å². The highest BCUT2D eigenvalue weighted by Crippen LogP contribution is 2.24. The van der Waals surface area contributed by atoms with Crippen molar-refractivity contribution >= 4 is 13.8 Å². The summed E-state index contributed by atoms with van der Waals surface area (Å²) in [6, 6.07) is 0. The minimum Gasteiger partial charge on any atom is -0.469 e. The second-order valence-electron chi connectivity index (χ2n) is 3.72. The topological polar surface area (TPSA) is 35.5 Å². The van der Waals surface area contributed by atoms with E-state index in [9.17, 15) is 4.79 Å². The van der Waals surface area contributed by atoms with E-state index in [0.717, 1.165) is 32.5 Å². The van der Waals surface area contributed by atoms with Gasteiger partial charge in [-0.1, -0.05) is 0 Å². The van der Waals surface area contributed by atoms with Gasteiger partial charge in [0, 0.05) is 19.0 Å². The van der Waals surface area contributed by atoms with Gasteiger partial charge in [-0.05, 0) is 25.2 Å². The molecule has 0 N–H and O–H groups in total. The number of rotatable bonds is 3.